The summed E-state index contributed by atoms with van der Waals surface area (Å²) in [7, 11) is 0. The van der Waals surface area contributed by atoms with Gasteiger partial charge in [-0.05, 0) is 42.7 Å². The van der Waals surface area contributed by atoms with Crippen LogP contribution in [0.5, 0.6) is 0 Å². The Bertz CT molecular complexity index is 859. The van der Waals surface area contributed by atoms with Crippen molar-refractivity contribution in [2.45, 2.75) is 20.0 Å². The largest absolute Gasteiger partial charge is 0.384 e. The Morgan fingerprint density at radius 3 is 2.29 bits per heavy atom. The second-order valence-corrected chi connectivity index (χ2v) is 6.06. The van der Waals surface area contributed by atoms with E-state index in [9.17, 15) is 9.90 Å². The molecule has 3 N–H and O–H groups in total. The zero-order valence-corrected chi connectivity index (χ0v) is 13.3. The van der Waals surface area contributed by atoms with Gasteiger partial charge < -0.3 is 15.1 Å². The number of benzene rings is 2. The van der Waals surface area contributed by atoms with Crippen molar-refractivity contribution in [3.05, 3.63) is 67.5 Å². The molecule has 1 atom stereocenters. The first-order valence-electron chi connectivity index (χ1n) is 6.63. The first-order chi connectivity index (χ1) is 9.97. The lowest BCUT2D eigenvalue weighted by Crippen LogP contribution is -2.05. The van der Waals surface area contributed by atoms with Crippen molar-refractivity contribution in [1.82, 2.24) is 9.97 Å². The summed E-state index contributed by atoms with van der Waals surface area (Å²) in [5.41, 5.74) is 4.85. The summed E-state index contributed by atoms with van der Waals surface area (Å²) in [6, 6.07) is 9.54. The number of aliphatic hydroxyl groups excluding tert-OH is 1. The molecule has 108 valence electrons. The fourth-order valence-electron chi connectivity index (χ4n) is 2.70. The van der Waals surface area contributed by atoms with Crippen LogP contribution in [-0.2, 0) is 0 Å². The van der Waals surface area contributed by atoms with E-state index >= 15 is 0 Å². The number of aromatic amines is 2. The van der Waals surface area contributed by atoms with Crippen molar-refractivity contribution in [3.8, 4) is 0 Å². The molecular weight excluding hydrogens is 332 g/mol. The second kappa shape index (κ2) is 5.16. The zero-order chi connectivity index (χ0) is 15.1. The van der Waals surface area contributed by atoms with Crippen LogP contribution in [0.2, 0.25) is 0 Å². The van der Waals surface area contributed by atoms with Gasteiger partial charge in [0.2, 0.25) is 0 Å². The van der Waals surface area contributed by atoms with Crippen LogP contribution < -0.4 is 5.69 Å². The fourth-order valence-corrected chi connectivity index (χ4v) is 3.26. The number of H-pyrrole nitrogens is 2. The predicted octanol–water partition coefficient (Wildman–Crippen LogP) is 3.32. The Balaban J connectivity index is 2.19. The van der Waals surface area contributed by atoms with Gasteiger partial charge in [-0.1, -0.05) is 34.1 Å². The standard InChI is InChI=1S/C16H15BrN2O2/c1-8-4-3-5-9(2)14(8)15(20)10-6-12-13(7-11(10)17)19-16(21)18-12/h3-7,15,20H,1-2H3,(H2,18,19,21). The molecule has 0 radical (unpaired) electrons. The van der Waals surface area contributed by atoms with E-state index < -0.39 is 6.10 Å². The van der Waals surface area contributed by atoms with Crippen molar-refractivity contribution >= 4 is 27.0 Å². The Kier molecular flexibility index (Phi) is 3.47. The average molecular weight is 347 g/mol. The van der Waals surface area contributed by atoms with Crippen LogP contribution in [0.3, 0.4) is 0 Å². The highest BCUT2D eigenvalue weighted by Gasteiger charge is 2.19. The van der Waals surface area contributed by atoms with Crippen molar-refractivity contribution in [2.24, 2.45) is 0 Å². The molecule has 1 heterocycles. The van der Waals surface area contributed by atoms with E-state index in [1.165, 1.54) is 0 Å². The summed E-state index contributed by atoms with van der Waals surface area (Å²) >= 11 is 3.48. The third kappa shape index (κ3) is 2.43. The maximum Gasteiger partial charge on any atom is 0.323 e. The number of aliphatic hydroxyl groups is 1. The van der Waals surface area contributed by atoms with Crippen molar-refractivity contribution < 1.29 is 5.11 Å². The molecule has 4 nitrogen and oxygen atoms in total. The van der Waals surface area contributed by atoms with Gasteiger partial charge in [0.05, 0.1) is 11.0 Å². The van der Waals surface area contributed by atoms with Crippen LogP contribution in [0, 0.1) is 13.8 Å². The number of hydrogen-bond acceptors (Lipinski definition) is 2. The van der Waals surface area contributed by atoms with E-state index in [-0.39, 0.29) is 5.69 Å². The maximum absolute atomic E-state index is 11.4. The number of imidazole rings is 1. The highest BCUT2D eigenvalue weighted by molar-refractivity contribution is 9.10. The Hall–Kier alpha value is -1.85. The lowest BCUT2D eigenvalue weighted by atomic mass is 9.93. The fraction of sp³-hybridized carbons (Fsp3) is 0.188. The molecule has 1 aromatic heterocycles. The van der Waals surface area contributed by atoms with E-state index in [0.717, 1.165) is 26.7 Å². The van der Waals surface area contributed by atoms with Crippen molar-refractivity contribution in [1.29, 1.82) is 0 Å². The van der Waals surface area contributed by atoms with Gasteiger partial charge in [-0.2, -0.15) is 0 Å². The highest BCUT2D eigenvalue weighted by atomic mass is 79.9. The number of fused-ring (bicyclic) bond motifs is 1. The molecule has 21 heavy (non-hydrogen) atoms. The van der Waals surface area contributed by atoms with Crippen LogP contribution >= 0.6 is 15.9 Å². The van der Waals surface area contributed by atoms with Crippen molar-refractivity contribution in [3.63, 3.8) is 0 Å². The number of rotatable bonds is 2. The molecule has 0 aliphatic carbocycles. The molecule has 0 fully saturated rings. The molecule has 3 rings (SSSR count). The van der Waals surface area contributed by atoms with Gasteiger partial charge in [0.1, 0.15) is 6.10 Å². The summed E-state index contributed by atoms with van der Waals surface area (Å²) in [5, 5.41) is 10.8. The smallest absolute Gasteiger partial charge is 0.323 e. The monoisotopic (exact) mass is 346 g/mol. The average Bonchev–Trinajstić information content (AvgIpc) is 2.76. The summed E-state index contributed by atoms with van der Waals surface area (Å²) in [5.74, 6) is 0. The first kappa shape index (κ1) is 14.1. The summed E-state index contributed by atoms with van der Waals surface area (Å²) in [6.45, 7) is 3.96. The minimum absolute atomic E-state index is 0.254. The molecule has 5 heteroatoms. The molecule has 0 bridgehead atoms. The molecular formula is C16H15BrN2O2. The van der Waals surface area contributed by atoms with E-state index in [1.54, 1.807) is 12.1 Å². The van der Waals surface area contributed by atoms with Gasteiger partial charge in [0.15, 0.2) is 0 Å². The first-order valence-corrected chi connectivity index (χ1v) is 7.42. The van der Waals surface area contributed by atoms with Crippen LogP contribution in [-0.4, -0.2) is 15.1 Å². The molecule has 0 aliphatic rings. The molecule has 0 amide bonds. The molecule has 2 aromatic carbocycles. The molecule has 0 saturated carbocycles. The number of aryl methyl sites for hydroxylation is 2. The number of nitrogens with one attached hydrogen (secondary N) is 2. The van der Waals surface area contributed by atoms with Gasteiger partial charge in [0.25, 0.3) is 0 Å². The quantitative estimate of drug-likeness (QED) is 0.666. The third-order valence-electron chi connectivity index (χ3n) is 3.74. The number of hydrogen-bond donors (Lipinski definition) is 3. The van der Waals surface area contributed by atoms with Crippen LogP contribution in [0.1, 0.15) is 28.4 Å². The minimum Gasteiger partial charge on any atom is -0.384 e. The second-order valence-electron chi connectivity index (χ2n) is 5.21. The predicted molar refractivity (Wildman–Crippen MR) is 86.6 cm³/mol. The normalized spacial score (nSPS) is 12.8. The Morgan fingerprint density at radius 2 is 1.67 bits per heavy atom. The van der Waals surface area contributed by atoms with Crippen LogP contribution in [0.15, 0.2) is 39.6 Å². The van der Waals surface area contributed by atoms with Gasteiger partial charge in [-0.15, -0.1) is 0 Å². The van der Waals surface area contributed by atoms with Gasteiger partial charge in [0, 0.05) is 10.0 Å². The van der Waals surface area contributed by atoms with Gasteiger partial charge in [-0.25, -0.2) is 4.79 Å². The van der Waals surface area contributed by atoms with E-state index in [1.807, 2.05) is 32.0 Å². The Morgan fingerprint density at radius 1 is 1.10 bits per heavy atom. The van der Waals surface area contributed by atoms with Crippen LogP contribution in [0.4, 0.5) is 0 Å². The molecule has 0 spiro atoms. The minimum atomic E-state index is -0.747. The molecule has 0 saturated heterocycles. The van der Waals surface area contributed by atoms with E-state index in [2.05, 4.69) is 25.9 Å². The lowest BCUT2D eigenvalue weighted by molar-refractivity contribution is 0.218. The van der Waals surface area contributed by atoms with Gasteiger partial charge >= 0.3 is 5.69 Å². The number of aromatic nitrogens is 2. The van der Waals surface area contributed by atoms with Crippen molar-refractivity contribution in [2.75, 3.05) is 0 Å². The third-order valence-corrected chi connectivity index (χ3v) is 4.43. The van der Waals surface area contributed by atoms with E-state index in [0.29, 0.717) is 11.0 Å². The maximum atomic E-state index is 11.4. The SMILES string of the molecule is Cc1cccc(C)c1C(O)c1cc2[nH]c(=O)[nH]c2cc1Br. The highest BCUT2D eigenvalue weighted by Crippen LogP contribution is 2.33. The van der Waals surface area contributed by atoms with Crippen LogP contribution in [0.25, 0.3) is 11.0 Å². The molecule has 0 aliphatic heterocycles. The summed E-state index contributed by atoms with van der Waals surface area (Å²) < 4.78 is 0.764. The van der Waals surface area contributed by atoms with E-state index in [4.69, 9.17) is 0 Å². The summed E-state index contributed by atoms with van der Waals surface area (Å²) in [4.78, 5) is 16.8. The molecule has 1 unspecified atom stereocenters. The molecule has 3 aromatic rings. The Labute approximate surface area is 130 Å². The van der Waals surface area contributed by atoms with Gasteiger partial charge in [-0.3, -0.25) is 0 Å². The number of halogens is 1. The zero-order valence-electron chi connectivity index (χ0n) is 11.7. The summed E-state index contributed by atoms with van der Waals surface area (Å²) in [6.07, 6.45) is -0.747. The topological polar surface area (TPSA) is 68.9 Å². The lowest BCUT2D eigenvalue weighted by Gasteiger charge is -2.18.